The van der Waals surface area contributed by atoms with Gasteiger partial charge in [-0.3, -0.25) is 4.79 Å². The maximum atomic E-state index is 11.6. The van der Waals surface area contributed by atoms with Crippen molar-refractivity contribution in [2.24, 2.45) is 11.3 Å². The van der Waals surface area contributed by atoms with Crippen molar-refractivity contribution in [3.05, 3.63) is 0 Å². The van der Waals surface area contributed by atoms with E-state index >= 15 is 0 Å². The van der Waals surface area contributed by atoms with E-state index in [-0.39, 0.29) is 5.41 Å². The highest BCUT2D eigenvalue weighted by Gasteiger charge is 2.21. The number of hydrogen-bond acceptors (Lipinski definition) is 1. The van der Waals surface area contributed by atoms with Crippen LogP contribution in [-0.2, 0) is 4.79 Å². The second-order valence-electron chi connectivity index (χ2n) is 4.89. The Kier molecular flexibility index (Phi) is 5.27. The summed E-state index contributed by atoms with van der Waals surface area (Å²) in [6.07, 6.45) is 4.24. The summed E-state index contributed by atoms with van der Waals surface area (Å²) >= 11 is 0. The van der Waals surface area contributed by atoms with Crippen molar-refractivity contribution in [2.45, 2.75) is 60.3 Å². The Hall–Kier alpha value is -0.330. The Morgan fingerprint density at radius 3 is 1.92 bits per heavy atom. The van der Waals surface area contributed by atoms with E-state index in [1.54, 1.807) is 0 Å². The average molecular weight is 184 g/mol. The van der Waals surface area contributed by atoms with Gasteiger partial charge >= 0.3 is 0 Å². The summed E-state index contributed by atoms with van der Waals surface area (Å²) in [4.78, 5) is 11.6. The van der Waals surface area contributed by atoms with E-state index in [0.29, 0.717) is 5.78 Å². The molecule has 0 aliphatic carbocycles. The van der Waals surface area contributed by atoms with Gasteiger partial charge in [0.05, 0.1) is 0 Å². The number of ketones is 1. The largest absolute Gasteiger partial charge is 0.299 e. The van der Waals surface area contributed by atoms with Gasteiger partial charge in [-0.15, -0.1) is 0 Å². The fourth-order valence-electron chi connectivity index (χ4n) is 1.41. The molecule has 0 aliphatic heterocycles. The molecule has 0 aromatic rings. The lowest BCUT2D eigenvalue weighted by Gasteiger charge is -2.18. The van der Waals surface area contributed by atoms with Gasteiger partial charge in [0.15, 0.2) is 0 Å². The van der Waals surface area contributed by atoms with Gasteiger partial charge in [0.25, 0.3) is 0 Å². The maximum Gasteiger partial charge on any atom is 0.138 e. The van der Waals surface area contributed by atoms with Crippen LogP contribution in [0.25, 0.3) is 0 Å². The Balaban J connectivity index is 3.82. The molecule has 0 amide bonds. The topological polar surface area (TPSA) is 17.1 Å². The van der Waals surface area contributed by atoms with Crippen LogP contribution in [0.3, 0.4) is 0 Å². The van der Waals surface area contributed by atoms with Gasteiger partial charge in [-0.05, 0) is 12.3 Å². The summed E-state index contributed by atoms with van der Waals surface area (Å²) in [6.45, 7) is 10.4. The summed E-state index contributed by atoms with van der Waals surface area (Å²) in [5.41, 5.74) is -0.147. The maximum absolute atomic E-state index is 11.6. The molecule has 0 atom stereocenters. The molecule has 0 radical (unpaired) electrons. The van der Waals surface area contributed by atoms with Gasteiger partial charge in [-0.2, -0.15) is 0 Å². The normalized spacial score (nSPS) is 12.2. The lowest BCUT2D eigenvalue weighted by atomic mass is 9.85. The summed E-state index contributed by atoms with van der Waals surface area (Å²) in [5.74, 6) is 1.14. The number of rotatable bonds is 5. The molecule has 1 heteroatoms. The monoisotopic (exact) mass is 184 g/mol. The van der Waals surface area contributed by atoms with Crippen LogP contribution >= 0.6 is 0 Å². The fourth-order valence-corrected chi connectivity index (χ4v) is 1.41. The second kappa shape index (κ2) is 5.41. The summed E-state index contributed by atoms with van der Waals surface area (Å²) in [6, 6.07) is 0. The molecule has 78 valence electrons. The highest BCUT2D eigenvalue weighted by Crippen LogP contribution is 2.21. The van der Waals surface area contributed by atoms with E-state index in [2.05, 4.69) is 13.8 Å². The molecule has 0 aliphatic rings. The van der Waals surface area contributed by atoms with Crippen molar-refractivity contribution < 1.29 is 4.79 Å². The molecule has 1 nitrogen and oxygen atoms in total. The molecule has 0 rings (SSSR count). The molecule has 0 fully saturated rings. The van der Waals surface area contributed by atoms with Gasteiger partial charge in [0.2, 0.25) is 0 Å². The van der Waals surface area contributed by atoms with Gasteiger partial charge in [0.1, 0.15) is 5.78 Å². The fraction of sp³-hybridized carbons (Fsp3) is 0.917. The molecule has 0 N–H and O–H groups in total. The molecule has 0 saturated carbocycles. The SMILES string of the molecule is CCC(CC)CCC(=O)C(C)(C)C. The van der Waals surface area contributed by atoms with Crippen molar-refractivity contribution in [1.29, 1.82) is 0 Å². The van der Waals surface area contributed by atoms with Crippen molar-refractivity contribution >= 4 is 5.78 Å². The van der Waals surface area contributed by atoms with Crippen LogP contribution in [0.1, 0.15) is 60.3 Å². The van der Waals surface area contributed by atoms with Gasteiger partial charge in [-0.1, -0.05) is 47.5 Å². The Labute approximate surface area is 82.9 Å². The zero-order valence-corrected chi connectivity index (χ0v) is 9.81. The van der Waals surface area contributed by atoms with E-state index < -0.39 is 0 Å². The smallest absolute Gasteiger partial charge is 0.138 e. The van der Waals surface area contributed by atoms with Crippen LogP contribution in [0.2, 0.25) is 0 Å². The number of Topliss-reactive ketones (excluding diaryl/α,β-unsaturated/α-hetero) is 1. The number of carbonyl (C=O) groups is 1. The predicted molar refractivity (Wildman–Crippen MR) is 57.8 cm³/mol. The van der Waals surface area contributed by atoms with Crippen LogP contribution in [0.5, 0.6) is 0 Å². The number of carbonyl (C=O) groups excluding carboxylic acids is 1. The second-order valence-corrected chi connectivity index (χ2v) is 4.89. The van der Waals surface area contributed by atoms with Crippen molar-refractivity contribution in [2.75, 3.05) is 0 Å². The Morgan fingerprint density at radius 2 is 1.62 bits per heavy atom. The number of hydrogen-bond donors (Lipinski definition) is 0. The van der Waals surface area contributed by atoms with Crippen LogP contribution in [-0.4, -0.2) is 5.78 Å². The third-order valence-electron chi connectivity index (χ3n) is 2.77. The molecule has 0 aromatic heterocycles. The van der Waals surface area contributed by atoms with E-state index in [0.717, 1.165) is 18.8 Å². The summed E-state index contributed by atoms with van der Waals surface area (Å²) in [5, 5.41) is 0. The minimum Gasteiger partial charge on any atom is -0.299 e. The van der Waals surface area contributed by atoms with E-state index in [1.165, 1.54) is 12.8 Å². The predicted octanol–water partition coefficient (Wildman–Crippen LogP) is 3.82. The van der Waals surface area contributed by atoms with Crippen LogP contribution < -0.4 is 0 Å². The molecule has 0 saturated heterocycles. The lowest BCUT2D eigenvalue weighted by molar-refractivity contribution is -0.126. The molecule has 13 heavy (non-hydrogen) atoms. The first kappa shape index (κ1) is 12.7. The zero-order valence-electron chi connectivity index (χ0n) is 9.81. The van der Waals surface area contributed by atoms with Crippen LogP contribution in [0.15, 0.2) is 0 Å². The average Bonchev–Trinajstić information content (AvgIpc) is 2.04. The molecular formula is C12H24O. The van der Waals surface area contributed by atoms with E-state index in [1.807, 2.05) is 20.8 Å². The molecule has 0 aromatic carbocycles. The van der Waals surface area contributed by atoms with E-state index in [9.17, 15) is 4.79 Å². The van der Waals surface area contributed by atoms with Crippen LogP contribution in [0.4, 0.5) is 0 Å². The van der Waals surface area contributed by atoms with Crippen molar-refractivity contribution in [1.82, 2.24) is 0 Å². The third-order valence-corrected chi connectivity index (χ3v) is 2.77. The van der Waals surface area contributed by atoms with E-state index in [4.69, 9.17) is 0 Å². The summed E-state index contributed by atoms with van der Waals surface area (Å²) in [7, 11) is 0. The molecule has 0 heterocycles. The molecule has 0 unspecified atom stereocenters. The standard InChI is InChI=1S/C12H24O/c1-6-10(7-2)8-9-11(13)12(3,4)5/h10H,6-9H2,1-5H3. The van der Waals surface area contributed by atoms with Gasteiger partial charge in [-0.25, -0.2) is 0 Å². The van der Waals surface area contributed by atoms with Gasteiger partial charge < -0.3 is 0 Å². The minimum atomic E-state index is -0.147. The Morgan fingerprint density at radius 1 is 1.15 bits per heavy atom. The quantitative estimate of drug-likeness (QED) is 0.635. The molecule has 0 spiro atoms. The first-order valence-corrected chi connectivity index (χ1v) is 5.45. The molecular weight excluding hydrogens is 160 g/mol. The highest BCUT2D eigenvalue weighted by molar-refractivity contribution is 5.83. The van der Waals surface area contributed by atoms with Gasteiger partial charge in [0, 0.05) is 11.8 Å². The highest BCUT2D eigenvalue weighted by atomic mass is 16.1. The third kappa shape index (κ3) is 5.07. The first-order valence-electron chi connectivity index (χ1n) is 5.45. The Bertz CT molecular complexity index is 149. The zero-order chi connectivity index (χ0) is 10.5. The lowest BCUT2D eigenvalue weighted by Crippen LogP contribution is -2.20. The van der Waals surface area contributed by atoms with Crippen molar-refractivity contribution in [3.8, 4) is 0 Å². The summed E-state index contributed by atoms with van der Waals surface area (Å²) < 4.78 is 0. The molecule has 0 bridgehead atoms. The first-order chi connectivity index (χ1) is 5.91. The van der Waals surface area contributed by atoms with Crippen LogP contribution in [0, 0.1) is 11.3 Å². The minimum absolute atomic E-state index is 0.147. The van der Waals surface area contributed by atoms with Crippen molar-refractivity contribution in [3.63, 3.8) is 0 Å².